The van der Waals surface area contributed by atoms with Gasteiger partial charge < -0.3 is 30.5 Å². The molecule has 146 valence electrons. The van der Waals surface area contributed by atoms with E-state index < -0.39 is 18.0 Å². The van der Waals surface area contributed by atoms with Gasteiger partial charge in [0, 0.05) is 18.2 Å². The SMILES string of the molecule is Cc1ccc(OCC(O)CNC(C)C)c(/C=C/CO)c1.O=C(O)C(=O)O. The van der Waals surface area contributed by atoms with Crippen LogP contribution in [-0.4, -0.2) is 64.3 Å². The minimum Gasteiger partial charge on any atom is -0.490 e. The summed E-state index contributed by atoms with van der Waals surface area (Å²) in [5.41, 5.74) is 2.03. The molecule has 0 fully saturated rings. The van der Waals surface area contributed by atoms with Crippen molar-refractivity contribution in [3.63, 3.8) is 0 Å². The number of aliphatic hydroxyl groups excluding tert-OH is 2. The summed E-state index contributed by atoms with van der Waals surface area (Å²) >= 11 is 0. The molecule has 0 saturated carbocycles. The van der Waals surface area contributed by atoms with Crippen molar-refractivity contribution >= 4 is 18.0 Å². The van der Waals surface area contributed by atoms with Crippen LogP contribution in [0.2, 0.25) is 0 Å². The third-order valence-corrected chi connectivity index (χ3v) is 2.94. The third-order valence-electron chi connectivity index (χ3n) is 2.94. The number of aliphatic carboxylic acids is 2. The first-order valence-electron chi connectivity index (χ1n) is 8.05. The number of aliphatic hydroxyl groups is 2. The van der Waals surface area contributed by atoms with Gasteiger partial charge >= 0.3 is 11.9 Å². The summed E-state index contributed by atoms with van der Waals surface area (Å²) in [5.74, 6) is -2.94. The van der Waals surface area contributed by atoms with Crippen LogP contribution in [0.15, 0.2) is 24.3 Å². The molecule has 0 aliphatic heterocycles. The predicted molar refractivity (Wildman–Crippen MR) is 97.2 cm³/mol. The zero-order valence-electron chi connectivity index (χ0n) is 15.2. The molecule has 8 heteroatoms. The van der Waals surface area contributed by atoms with E-state index in [1.165, 1.54) is 0 Å². The second-order valence-corrected chi connectivity index (χ2v) is 5.76. The summed E-state index contributed by atoms with van der Waals surface area (Å²) in [4.78, 5) is 18.2. The topological polar surface area (TPSA) is 136 Å². The van der Waals surface area contributed by atoms with Crippen molar-refractivity contribution < 1.29 is 34.8 Å². The summed E-state index contributed by atoms with van der Waals surface area (Å²) in [6.45, 7) is 6.81. The lowest BCUT2D eigenvalue weighted by atomic mass is 10.1. The smallest absolute Gasteiger partial charge is 0.414 e. The van der Waals surface area contributed by atoms with E-state index >= 15 is 0 Å². The summed E-state index contributed by atoms with van der Waals surface area (Å²) in [6, 6.07) is 6.17. The predicted octanol–water partition coefficient (Wildman–Crippen LogP) is 0.894. The zero-order chi connectivity index (χ0) is 20.1. The van der Waals surface area contributed by atoms with Crippen LogP contribution in [-0.2, 0) is 9.59 Å². The first-order chi connectivity index (χ1) is 12.2. The number of carboxylic acid groups (broad SMARTS) is 2. The Bertz CT molecular complexity index is 587. The number of hydrogen-bond donors (Lipinski definition) is 5. The number of benzene rings is 1. The van der Waals surface area contributed by atoms with Crippen molar-refractivity contribution in [2.24, 2.45) is 0 Å². The lowest BCUT2D eigenvalue weighted by molar-refractivity contribution is -0.159. The van der Waals surface area contributed by atoms with Gasteiger partial charge in [-0.2, -0.15) is 0 Å². The number of hydrogen-bond acceptors (Lipinski definition) is 6. The third kappa shape index (κ3) is 11.2. The van der Waals surface area contributed by atoms with Gasteiger partial charge in [-0.25, -0.2) is 9.59 Å². The van der Waals surface area contributed by atoms with Gasteiger partial charge in [-0.15, -0.1) is 0 Å². The maximum Gasteiger partial charge on any atom is 0.414 e. The summed E-state index contributed by atoms with van der Waals surface area (Å²) < 4.78 is 5.66. The maximum absolute atomic E-state index is 9.84. The molecule has 0 heterocycles. The van der Waals surface area contributed by atoms with E-state index in [9.17, 15) is 5.11 Å². The van der Waals surface area contributed by atoms with E-state index in [1.807, 2.05) is 45.0 Å². The van der Waals surface area contributed by atoms with Gasteiger partial charge in [0.1, 0.15) is 18.5 Å². The minimum absolute atomic E-state index is 0.00564. The fourth-order valence-electron chi connectivity index (χ4n) is 1.73. The highest BCUT2D eigenvalue weighted by molar-refractivity contribution is 6.27. The number of rotatable bonds is 8. The van der Waals surface area contributed by atoms with E-state index in [0.717, 1.165) is 11.1 Å². The summed E-state index contributed by atoms with van der Waals surface area (Å²) in [6.07, 6.45) is 2.94. The molecule has 5 N–H and O–H groups in total. The monoisotopic (exact) mass is 369 g/mol. The number of carboxylic acids is 2. The fourth-order valence-corrected chi connectivity index (χ4v) is 1.73. The molecule has 0 saturated heterocycles. The van der Waals surface area contributed by atoms with Crippen LogP contribution in [0.5, 0.6) is 5.75 Å². The molecule has 1 rings (SSSR count). The highest BCUT2D eigenvalue weighted by atomic mass is 16.5. The molecule has 26 heavy (non-hydrogen) atoms. The van der Waals surface area contributed by atoms with Crippen molar-refractivity contribution in [1.82, 2.24) is 5.32 Å². The first-order valence-corrected chi connectivity index (χ1v) is 8.05. The average molecular weight is 369 g/mol. The average Bonchev–Trinajstić information content (AvgIpc) is 2.57. The number of aryl methyl sites for hydroxylation is 1. The summed E-state index contributed by atoms with van der Waals surface area (Å²) in [5, 5.41) is 36.6. The van der Waals surface area contributed by atoms with E-state index in [2.05, 4.69) is 5.32 Å². The Balaban J connectivity index is 0.000000896. The van der Waals surface area contributed by atoms with Gasteiger partial charge in [0.25, 0.3) is 0 Å². The van der Waals surface area contributed by atoms with Crippen LogP contribution < -0.4 is 10.1 Å². The summed E-state index contributed by atoms with van der Waals surface area (Å²) in [7, 11) is 0. The van der Waals surface area contributed by atoms with E-state index in [1.54, 1.807) is 6.08 Å². The van der Waals surface area contributed by atoms with Crippen LogP contribution >= 0.6 is 0 Å². The number of carbonyl (C=O) groups is 2. The van der Waals surface area contributed by atoms with Crippen LogP contribution in [0.3, 0.4) is 0 Å². The van der Waals surface area contributed by atoms with Gasteiger partial charge in [0.15, 0.2) is 0 Å². The second-order valence-electron chi connectivity index (χ2n) is 5.76. The van der Waals surface area contributed by atoms with E-state index in [-0.39, 0.29) is 13.2 Å². The number of ether oxygens (including phenoxy) is 1. The molecule has 1 aromatic carbocycles. The molecule has 1 aromatic rings. The highest BCUT2D eigenvalue weighted by Crippen LogP contribution is 2.21. The largest absolute Gasteiger partial charge is 0.490 e. The van der Waals surface area contributed by atoms with Crippen molar-refractivity contribution in [2.75, 3.05) is 19.8 Å². The van der Waals surface area contributed by atoms with Crippen molar-refractivity contribution in [3.8, 4) is 5.75 Å². The molecule has 0 spiro atoms. The standard InChI is InChI=1S/C16H25NO3.C2H2O4/c1-12(2)17-10-15(19)11-20-16-7-6-13(3)9-14(16)5-4-8-18;3-1(4)2(5)6/h4-7,9,12,15,17-19H,8,10-11H2,1-3H3;(H,3,4)(H,5,6)/b5-4+;. The molecule has 1 atom stereocenters. The molecular formula is C18H27NO7. The van der Waals surface area contributed by atoms with E-state index in [0.29, 0.717) is 18.3 Å². The Morgan fingerprint density at radius 1 is 1.23 bits per heavy atom. The molecule has 0 bridgehead atoms. The van der Waals surface area contributed by atoms with Gasteiger partial charge in [-0.05, 0) is 19.1 Å². The Labute approximate surface area is 152 Å². The van der Waals surface area contributed by atoms with Crippen molar-refractivity contribution in [2.45, 2.75) is 32.9 Å². The van der Waals surface area contributed by atoms with E-state index in [4.69, 9.17) is 29.6 Å². The quantitative estimate of drug-likeness (QED) is 0.426. The molecular weight excluding hydrogens is 342 g/mol. The lowest BCUT2D eigenvalue weighted by Crippen LogP contribution is -2.35. The first kappa shape index (κ1) is 23.6. The van der Waals surface area contributed by atoms with Crippen molar-refractivity contribution in [1.29, 1.82) is 0 Å². The normalized spacial score (nSPS) is 11.8. The van der Waals surface area contributed by atoms with Gasteiger partial charge in [0.2, 0.25) is 0 Å². The maximum atomic E-state index is 9.84. The van der Waals surface area contributed by atoms with Gasteiger partial charge in [-0.3, -0.25) is 0 Å². The number of nitrogens with one attached hydrogen (secondary N) is 1. The fraction of sp³-hybridized carbons (Fsp3) is 0.444. The van der Waals surface area contributed by atoms with Crippen LogP contribution in [0.1, 0.15) is 25.0 Å². The lowest BCUT2D eigenvalue weighted by Gasteiger charge is -2.16. The second kappa shape index (κ2) is 12.9. The van der Waals surface area contributed by atoms with Crippen molar-refractivity contribution in [3.05, 3.63) is 35.4 Å². The molecule has 0 aromatic heterocycles. The van der Waals surface area contributed by atoms with Gasteiger partial charge in [0.05, 0.1) is 6.61 Å². The molecule has 0 aliphatic rings. The Morgan fingerprint density at radius 3 is 2.35 bits per heavy atom. The Hall–Kier alpha value is -2.42. The molecule has 0 aliphatic carbocycles. The highest BCUT2D eigenvalue weighted by Gasteiger charge is 2.08. The molecule has 8 nitrogen and oxygen atoms in total. The van der Waals surface area contributed by atoms with Gasteiger partial charge in [-0.1, -0.05) is 37.6 Å². The van der Waals surface area contributed by atoms with Crippen LogP contribution in [0, 0.1) is 6.92 Å². The van der Waals surface area contributed by atoms with Crippen LogP contribution in [0.4, 0.5) is 0 Å². The molecule has 1 unspecified atom stereocenters. The minimum atomic E-state index is -1.82. The molecule has 0 radical (unpaired) electrons. The zero-order valence-corrected chi connectivity index (χ0v) is 15.2. The Kier molecular flexibility index (Phi) is 11.7. The van der Waals surface area contributed by atoms with Crippen LogP contribution in [0.25, 0.3) is 6.08 Å². The molecule has 0 amide bonds. The Morgan fingerprint density at radius 2 is 1.85 bits per heavy atom.